The Morgan fingerprint density at radius 1 is 1.44 bits per heavy atom. The summed E-state index contributed by atoms with van der Waals surface area (Å²) in [5.74, 6) is 0.767. The first-order chi connectivity index (χ1) is 8.65. The molecule has 0 aliphatic heterocycles. The van der Waals surface area contributed by atoms with Crippen LogP contribution in [-0.2, 0) is 13.5 Å². The smallest absolute Gasteiger partial charge is 0.261 e. The van der Waals surface area contributed by atoms with Gasteiger partial charge >= 0.3 is 0 Å². The summed E-state index contributed by atoms with van der Waals surface area (Å²) in [6.07, 6.45) is 3.49. The second-order valence-electron chi connectivity index (χ2n) is 4.28. The van der Waals surface area contributed by atoms with Crippen LogP contribution in [0.1, 0.15) is 44.3 Å². The van der Waals surface area contributed by atoms with E-state index in [0.29, 0.717) is 18.1 Å². The molecule has 0 radical (unpaired) electrons. The Hall–Kier alpha value is -1.69. The summed E-state index contributed by atoms with van der Waals surface area (Å²) in [7, 11) is 1.85. The number of hydrogen-bond donors (Lipinski definition) is 1. The highest BCUT2D eigenvalue weighted by molar-refractivity contribution is 5.55. The van der Waals surface area contributed by atoms with Gasteiger partial charge in [0.25, 0.3) is 5.89 Å². The summed E-state index contributed by atoms with van der Waals surface area (Å²) in [5, 5.41) is 18.0. The second-order valence-corrected chi connectivity index (χ2v) is 4.28. The molecule has 2 heterocycles. The third-order valence-electron chi connectivity index (χ3n) is 2.77. The minimum absolute atomic E-state index is 0.345. The summed E-state index contributed by atoms with van der Waals surface area (Å²) in [6.45, 7) is 4.02. The van der Waals surface area contributed by atoms with Crippen molar-refractivity contribution >= 4 is 0 Å². The molecule has 6 nitrogen and oxygen atoms in total. The van der Waals surface area contributed by atoms with Gasteiger partial charge in [-0.1, -0.05) is 25.4 Å². The molecule has 0 aliphatic carbocycles. The Labute approximate surface area is 106 Å². The van der Waals surface area contributed by atoms with Gasteiger partial charge in [0.2, 0.25) is 5.82 Å². The number of hydrogen-bond acceptors (Lipinski definition) is 5. The van der Waals surface area contributed by atoms with Crippen LogP contribution < -0.4 is 0 Å². The van der Waals surface area contributed by atoms with Crippen molar-refractivity contribution in [2.75, 3.05) is 0 Å². The molecular weight excluding hydrogens is 232 g/mol. The van der Waals surface area contributed by atoms with Crippen molar-refractivity contribution in [3.8, 4) is 11.5 Å². The van der Waals surface area contributed by atoms with Crippen molar-refractivity contribution in [1.82, 2.24) is 19.9 Å². The van der Waals surface area contributed by atoms with Gasteiger partial charge in [-0.05, 0) is 12.8 Å². The van der Waals surface area contributed by atoms with E-state index in [2.05, 4.69) is 15.2 Å². The number of aryl methyl sites for hydroxylation is 2. The molecule has 1 atom stereocenters. The Balaban J connectivity index is 2.28. The molecule has 2 rings (SSSR count). The molecule has 0 bridgehead atoms. The molecule has 0 aliphatic rings. The van der Waals surface area contributed by atoms with Crippen molar-refractivity contribution in [3.63, 3.8) is 0 Å². The second kappa shape index (κ2) is 5.30. The van der Waals surface area contributed by atoms with Gasteiger partial charge in [0.15, 0.2) is 0 Å². The molecule has 0 amide bonds. The highest BCUT2D eigenvalue weighted by Gasteiger charge is 2.19. The molecule has 0 saturated carbocycles. The van der Waals surface area contributed by atoms with E-state index in [4.69, 9.17) is 4.52 Å². The van der Waals surface area contributed by atoms with Crippen molar-refractivity contribution < 1.29 is 9.63 Å². The number of aliphatic hydroxyl groups excluding tert-OH is 1. The van der Waals surface area contributed by atoms with Crippen molar-refractivity contribution in [2.45, 2.75) is 39.2 Å². The maximum atomic E-state index is 9.81. The van der Waals surface area contributed by atoms with Gasteiger partial charge in [-0.3, -0.25) is 4.68 Å². The maximum absolute atomic E-state index is 9.81. The highest BCUT2D eigenvalue weighted by Crippen LogP contribution is 2.24. The molecule has 2 aromatic heterocycles. The molecule has 0 aromatic carbocycles. The third-order valence-corrected chi connectivity index (χ3v) is 2.77. The fourth-order valence-corrected chi connectivity index (χ4v) is 1.86. The summed E-state index contributed by atoms with van der Waals surface area (Å²) in [6, 6.07) is 0. The number of aliphatic hydroxyl groups is 1. The molecular formula is C12H18N4O2. The average Bonchev–Trinajstić information content (AvgIpc) is 2.95. The van der Waals surface area contributed by atoms with Crippen LogP contribution in [0.3, 0.4) is 0 Å². The fourth-order valence-electron chi connectivity index (χ4n) is 1.86. The van der Waals surface area contributed by atoms with Gasteiger partial charge in [-0.15, -0.1) is 0 Å². The summed E-state index contributed by atoms with van der Waals surface area (Å²) in [5.41, 5.74) is 1.75. The molecule has 1 unspecified atom stereocenters. The lowest BCUT2D eigenvalue weighted by atomic mass is 10.2. The summed E-state index contributed by atoms with van der Waals surface area (Å²) >= 11 is 0. The van der Waals surface area contributed by atoms with Gasteiger partial charge in [0, 0.05) is 13.2 Å². The van der Waals surface area contributed by atoms with E-state index in [1.165, 1.54) is 0 Å². The zero-order valence-corrected chi connectivity index (χ0v) is 10.9. The highest BCUT2D eigenvalue weighted by atomic mass is 16.5. The first-order valence-corrected chi connectivity index (χ1v) is 6.20. The van der Waals surface area contributed by atoms with Crippen LogP contribution in [0, 0.1) is 0 Å². The number of rotatable bonds is 5. The van der Waals surface area contributed by atoms with Crippen molar-refractivity contribution in [3.05, 3.63) is 17.7 Å². The van der Waals surface area contributed by atoms with Crippen molar-refractivity contribution in [2.24, 2.45) is 7.05 Å². The van der Waals surface area contributed by atoms with Crippen LogP contribution >= 0.6 is 0 Å². The number of aromatic nitrogens is 4. The van der Waals surface area contributed by atoms with E-state index < -0.39 is 6.10 Å². The predicted octanol–water partition coefficient (Wildman–Crippen LogP) is 1.87. The van der Waals surface area contributed by atoms with E-state index >= 15 is 0 Å². The monoisotopic (exact) mass is 250 g/mol. The van der Waals surface area contributed by atoms with Crippen LogP contribution in [-0.4, -0.2) is 25.0 Å². The van der Waals surface area contributed by atoms with E-state index in [1.807, 2.05) is 27.1 Å². The van der Waals surface area contributed by atoms with Gasteiger partial charge in [0.1, 0.15) is 6.10 Å². The van der Waals surface area contributed by atoms with Gasteiger partial charge < -0.3 is 9.63 Å². The molecule has 18 heavy (non-hydrogen) atoms. The topological polar surface area (TPSA) is 77.0 Å². The number of nitrogens with zero attached hydrogens (tertiary/aromatic N) is 4. The normalized spacial score (nSPS) is 12.9. The Morgan fingerprint density at radius 3 is 2.89 bits per heavy atom. The zero-order valence-electron chi connectivity index (χ0n) is 10.9. The Kier molecular flexibility index (Phi) is 3.76. The van der Waals surface area contributed by atoms with Crippen LogP contribution in [0.2, 0.25) is 0 Å². The average molecular weight is 250 g/mol. The van der Waals surface area contributed by atoms with E-state index in [9.17, 15) is 5.11 Å². The lowest BCUT2D eigenvalue weighted by molar-refractivity contribution is 0.153. The molecule has 1 N–H and O–H groups in total. The molecule has 6 heteroatoms. The Morgan fingerprint density at radius 2 is 2.22 bits per heavy atom. The van der Waals surface area contributed by atoms with Gasteiger partial charge in [-0.2, -0.15) is 10.1 Å². The van der Waals surface area contributed by atoms with Gasteiger partial charge in [0.05, 0.1) is 11.3 Å². The fraction of sp³-hybridized carbons (Fsp3) is 0.583. The lowest BCUT2D eigenvalue weighted by Crippen LogP contribution is -1.98. The molecule has 0 fully saturated rings. The van der Waals surface area contributed by atoms with Crippen LogP contribution in [0.25, 0.3) is 11.5 Å². The molecule has 98 valence electrons. The quantitative estimate of drug-likeness (QED) is 0.876. The van der Waals surface area contributed by atoms with Crippen LogP contribution in [0.15, 0.2) is 10.7 Å². The maximum Gasteiger partial charge on any atom is 0.261 e. The SMILES string of the molecule is CCCC(O)c1noc(-c2cn(C)nc2CC)n1. The molecule has 2 aromatic rings. The van der Waals surface area contributed by atoms with E-state index in [1.54, 1.807) is 4.68 Å². The third kappa shape index (κ3) is 2.43. The van der Waals surface area contributed by atoms with Crippen LogP contribution in [0.4, 0.5) is 0 Å². The Bertz CT molecular complexity index is 518. The summed E-state index contributed by atoms with van der Waals surface area (Å²) in [4.78, 5) is 4.24. The molecule has 0 spiro atoms. The molecule has 0 saturated heterocycles. The van der Waals surface area contributed by atoms with E-state index in [-0.39, 0.29) is 0 Å². The lowest BCUT2D eigenvalue weighted by Gasteiger charge is -2.01. The first-order valence-electron chi connectivity index (χ1n) is 6.20. The first kappa shape index (κ1) is 12.8. The van der Waals surface area contributed by atoms with E-state index in [0.717, 1.165) is 24.1 Å². The standard InChI is InChI=1S/C12H18N4O2/c1-4-6-10(17)11-13-12(18-15-11)8-7-16(3)14-9(8)5-2/h7,10,17H,4-6H2,1-3H3. The minimum Gasteiger partial charge on any atom is -0.385 e. The zero-order chi connectivity index (χ0) is 13.1. The minimum atomic E-state index is -0.658. The largest absolute Gasteiger partial charge is 0.385 e. The van der Waals surface area contributed by atoms with Crippen LogP contribution in [0.5, 0.6) is 0 Å². The summed E-state index contributed by atoms with van der Waals surface area (Å²) < 4.78 is 6.92. The van der Waals surface area contributed by atoms with Crippen molar-refractivity contribution in [1.29, 1.82) is 0 Å². The predicted molar refractivity (Wildman–Crippen MR) is 65.7 cm³/mol. The van der Waals surface area contributed by atoms with Gasteiger partial charge in [-0.25, -0.2) is 0 Å².